The van der Waals surface area contributed by atoms with Crippen molar-refractivity contribution in [2.75, 3.05) is 0 Å². The van der Waals surface area contributed by atoms with Gasteiger partial charge >= 0.3 is 0 Å². The monoisotopic (exact) mass is 448 g/mol. The van der Waals surface area contributed by atoms with Crippen LogP contribution in [0.5, 0.6) is 0 Å². The van der Waals surface area contributed by atoms with Gasteiger partial charge in [-0.2, -0.15) is 0 Å². The van der Waals surface area contributed by atoms with Gasteiger partial charge in [-0.05, 0) is 96.7 Å². The summed E-state index contributed by atoms with van der Waals surface area (Å²) in [6.45, 7) is 15.7. The van der Waals surface area contributed by atoms with Gasteiger partial charge in [0, 0.05) is 29.0 Å². The molecule has 33 heavy (non-hydrogen) atoms. The molecule has 1 aromatic carbocycles. The van der Waals surface area contributed by atoms with E-state index in [0.717, 1.165) is 16.5 Å². The van der Waals surface area contributed by atoms with E-state index in [4.69, 9.17) is 0 Å². The summed E-state index contributed by atoms with van der Waals surface area (Å²) in [6, 6.07) is 13.0. The first-order valence-corrected chi connectivity index (χ1v) is 11.4. The molecule has 2 N–H and O–H groups in total. The summed E-state index contributed by atoms with van der Waals surface area (Å²) in [4.78, 5) is 30.8. The van der Waals surface area contributed by atoms with Crippen molar-refractivity contribution in [3.8, 4) is 0 Å². The van der Waals surface area contributed by atoms with Crippen LogP contribution < -0.4 is 10.6 Å². The lowest BCUT2D eigenvalue weighted by Crippen LogP contribution is -2.48. The number of hydrogen-bond donors (Lipinski definition) is 2. The zero-order chi connectivity index (χ0) is 24.6. The van der Waals surface area contributed by atoms with Crippen molar-refractivity contribution in [2.24, 2.45) is 0 Å². The lowest BCUT2D eigenvalue weighted by atomic mass is 9.82. The van der Waals surface area contributed by atoms with Gasteiger partial charge < -0.3 is 15.2 Å². The lowest BCUT2D eigenvalue weighted by molar-refractivity contribution is -0.127. The summed E-state index contributed by atoms with van der Waals surface area (Å²) in [5, 5.41) is 7.14. The number of pyridine rings is 1. The Morgan fingerprint density at radius 1 is 0.879 bits per heavy atom. The molecule has 0 saturated heterocycles. The first-order valence-electron chi connectivity index (χ1n) is 11.4. The Hall–Kier alpha value is -3.15. The Morgan fingerprint density at radius 3 is 2.12 bits per heavy atom. The van der Waals surface area contributed by atoms with Gasteiger partial charge in [0.25, 0.3) is 0 Å². The van der Waals surface area contributed by atoms with Crippen molar-refractivity contribution in [1.29, 1.82) is 0 Å². The second-order valence-corrected chi connectivity index (χ2v) is 11.2. The van der Waals surface area contributed by atoms with Gasteiger partial charge in [-0.25, -0.2) is 0 Å². The summed E-state index contributed by atoms with van der Waals surface area (Å²) in [7, 11) is 0. The van der Waals surface area contributed by atoms with Crippen LogP contribution in [0.2, 0.25) is 0 Å². The summed E-state index contributed by atoms with van der Waals surface area (Å²) in [5.74, 6) is -0.141. The number of fused-ring (bicyclic) bond motifs is 1. The van der Waals surface area contributed by atoms with Gasteiger partial charge in [-0.1, -0.05) is 12.1 Å². The van der Waals surface area contributed by atoms with E-state index in [1.807, 2.05) is 109 Å². The normalized spacial score (nSPS) is 13.6. The van der Waals surface area contributed by atoms with Crippen LogP contribution in [-0.2, 0) is 15.0 Å². The maximum absolute atomic E-state index is 13.3. The first kappa shape index (κ1) is 24.5. The standard InChI is InChI=1S/C27H36N4O2/c1-25(2,3)29-23(32)22(20-11-9-10-15-28-20)31-16-14-18-17-19(12-13-21(18)31)27(7,8)24(33)30-26(4,5)6/h9-17,22H,1-8H3,(H,29,32)(H,30,33). The van der Waals surface area contributed by atoms with E-state index in [1.54, 1.807) is 6.20 Å². The highest BCUT2D eigenvalue weighted by Crippen LogP contribution is 2.31. The van der Waals surface area contributed by atoms with Crippen molar-refractivity contribution in [3.63, 3.8) is 0 Å². The van der Waals surface area contributed by atoms with E-state index in [1.165, 1.54) is 0 Å². The highest BCUT2D eigenvalue weighted by molar-refractivity contribution is 5.91. The number of amides is 2. The molecule has 0 aliphatic rings. The average molecular weight is 449 g/mol. The van der Waals surface area contributed by atoms with E-state index in [2.05, 4.69) is 15.6 Å². The molecule has 6 nitrogen and oxygen atoms in total. The van der Waals surface area contributed by atoms with Gasteiger partial charge in [0.2, 0.25) is 11.8 Å². The molecule has 0 radical (unpaired) electrons. The van der Waals surface area contributed by atoms with Gasteiger partial charge in [0.05, 0.1) is 11.1 Å². The SMILES string of the molecule is CC(C)(C)NC(=O)C(c1ccccn1)n1ccc2cc(C(C)(C)C(=O)NC(C)(C)C)ccc21. The fourth-order valence-corrected chi connectivity index (χ4v) is 3.78. The number of hydrogen-bond acceptors (Lipinski definition) is 3. The third-order valence-corrected chi connectivity index (χ3v) is 5.49. The number of aromatic nitrogens is 2. The molecule has 0 aliphatic heterocycles. The molecule has 2 heterocycles. The summed E-state index contributed by atoms with van der Waals surface area (Å²) < 4.78 is 1.95. The molecule has 1 unspecified atom stereocenters. The lowest BCUT2D eigenvalue weighted by Gasteiger charge is -2.30. The predicted octanol–water partition coefficient (Wildman–Crippen LogP) is 4.73. The third-order valence-electron chi connectivity index (χ3n) is 5.49. The van der Waals surface area contributed by atoms with E-state index >= 15 is 0 Å². The quantitative estimate of drug-likeness (QED) is 0.592. The molecule has 3 rings (SSSR count). The third kappa shape index (κ3) is 5.62. The Bertz CT molecular complexity index is 1150. The molecule has 0 fully saturated rings. The molecule has 0 aliphatic carbocycles. The van der Waals surface area contributed by atoms with Crippen molar-refractivity contribution in [3.05, 3.63) is 66.1 Å². The summed E-state index contributed by atoms with van der Waals surface area (Å²) in [5.41, 5.74) is 1.12. The number of carbonyl (C=O) groups is 2. The van der Waals surface area contributed by atoms with E-state index < -0.39 is 11.5 Å². The maximum Gasteiger partial charge on any atom is 0.249 e. The molecular formula is C27H36N4O2. The molecule has 176 valence electrons. The molecular weight excluding hydrogens is 412 g/mol. The summed E-state index contributed by atoms with van der Waals surface area (Å²) in [6.07, 6.45) is 3.62. The van der Waals surface area contributed by atoms with Crippen LogP contribution in [0.1, 0.15) is 72.7 Å². The smallest absolute Gasteiger partial charge is 0.249 e. The van der Waals surface area contributed by atoms with Crippen LogP contribution in [-0.4, -0.2) is 32.4 Å². The second kappa shape index (κ2) is 8.65. The zero-order valence-electron chi connectivity index (χ0n) is 21.0. The Kier molecular flexibility index (Phi) is 6.42. The zero-order valence-corrected chi connectivity index (χ0v) is 21.0. The van der Waals surface area contributed by atoms with Gasteiger partial charge in [0.15, 0.2) is 6.04 Å². The van der Waals surface area contributed by atoms with Crippen molar-refractivity contribution >= 4 is 22.7 Å². The van der Waals surface area contributed by atoms with Crippen molar-refractivity contribution < 1.29 is 9.59 Å². The Morgan fingerprint density at radius 2 is 1.55 bits per heavy atom. The van der Waals surface area contributed by atoms with Crippen LogP contribution in [0.25, 0.3) is 10.9 Å². The fourth-order valence-electron chi connectivity index (χ4n) is 3.78. The van der Waals surface area contributed by atoms with Crippen LogP contribution >= 0.6 is 0 Å². The number of carbonyl (C=O) groups excluding carboxylic acids is 2. The molecule has 0 saturated carbocycles. The van der Waals surface area contributed by atoms with Gasteiger partial charge in [-0.3, -0.25) is 14.6 Å². The maximum atomic E-state index is 13.3. The molecule has 0 bridgehead atoms. The molecule has 3 aromatic rings. The number of nitrogens with one attached hydrogen (secondary N) is 2. The topological polar surface area (TPSA) is 76.0 Å². The van der Waals surface area contributed by atoms with E-state index in [0.29, 0.717) is 5.69 Å². The molecule has 6 heteroatoms. The molecule has 2 amide bonds. The van der Waals surface area contributed by atoms with E-state index in [9.17, 15) is 9.59 Å². The minimum Gasteiger partial charge on any atom is -0.351 e. The number of nitrogens with zero attached hydrogens (tertiary/aromatic N) is 2. The summed E-state index contributed by atoms with van der Waals surface area (Å²) >= 11 is 0. The number of rotatable bonds is 5. The minimum atomic E-state index is -0.701. The largest absolute Gasteiger partial charge is 0.351 e. The Balaban J connectivity index is 2.04. The van der Waals surface area contributed by atoms with Crippen molar-refractivity contribution in [1.82, 2.24) is 20.2 Å². The average Bonchev–Trinajstić information content (AvgIpc) is 3.09. The second-order valence-electron chi connectivity index (χ2n) is 11.2. The fraction of sp³-hybridized carbons (Fsp3) is 0.444. The highest BCUT2D eigenvalue weighted by atomic mass is 16.2. The molecule has 1 atom stereocenters. The first-order chi connectivity index (χ1) is 15.2. The molecule has 2 aromatic heterocycles. The van der Waals surface area contributed by atoms with E-state index in [-0.39, 0.29) is 22.9 Å². The van der Waals surface area contributed by atoms with Crippen LogP contribution in [0.15, 0.2) is 54.9 Å². The molecule has 0 spiro atoms. The Labute approximate surface area is 196 Å². The van der Waals surface area contributed by atoms with Gasteiger partial charge in [0.1, 0.15) is 0 Å². The van der Waals surface area contributed by atoms with Crippen LogP contribution in [0, 0.1) is 0 Å². The predicted molar refractivity (Wildman–Crippen MR) is 133 cm³/mol. The minimum absolute atomic E-state index is 0.0234. The van der Waals surface area contributed by atoms with Crippen LogP contribution in [0.4, 0.5) is 0 Å². The van der Waals surface area contributed by atoms with Crippen LogP contribution in [0.3, 0.4) is 0 Å². The van der Waals surface area contributed by atoms with Gasteiger partial charge in [-0.15, -0.1) is 0 Å². The number of benzene rings is 1. The highest BCUT2D eigenvalue weighted by Gasteiger charge is 2.33. The van der Waals surface area contributed by atoms with Crippen molar-refractivity contribution in [2.45, 2.75) is 77.9 Å².